The van der Waals surface area contributed by atoms with Crippen LogP contribution in [0.25, 0.3) is 0 Å². The van der Waals surface area contributed by atoms with Gasteiger partial charge in [-0.25, -0.2) is 9.03 Å². The quantitative estimate of drug-likeness (QED) is 0.626. The Bertz CT molecular complexity index is 1020. The molecule has 0 atom stereocenters. The van der Waals surface area contributed by atoms with Gasteiger partial charge in [-0.05, 0) is 42.7 Å². The van der Waals surface area contributed by atoms with Gasteiger partial charge in [0.25, 0.3) is 0 Å². The highest BCUT2D eigenvalue weighted by Gasteiger charge is 2.30. The van der Waals surface area contributed by atoms with Crippen molar-refractivity contribution in [2.24, 2.45) is 0 Å². The Labute approximate surface area is 156 Å². The standard InChI is InChI=1S/C18H19N3O5S/c1-12-4-2-3-5-14(12)19-17(23)9-7-13-6-8-15(16(22)10-13)21-11-18(24)20-27(21,25)26/h2-6,8,10-11,20,22,24H,7,9H2,1H3,(H,19,23). The van der Waals surface area contributed by atoms with Crippen LogP contribution in [0.2, 0.25) is 0 Å². The number of anilines is 2. The third kappa shape index (κ3) is 4.14. The molecule has 1 heterocycles. The molecule has 2 aromatic rings. The predicted molar refractivity (Wildman–Crippen MR) is 101 cm³/mol. The first-order valence-electron chi connectivity index (χ1n) is 8.16. The number of aryl methyl sites for hydroxylation is 2. The highest BCUT2D eigenvalue weighted by Crippen LogP contribution is 2.32. The maximum atomic E-state index is 12.1. The summed E-state index contributed by atoms with van der Waals surface area (Å²) in [6, 6.07) is 11.9. The van der Waals surface area contributed by atoms with Gasteiger partial charge in [-0.15, -0.1) is 0 Å². The van der Waals surface area contributed by atoms with Gasteiger partial charge in [0.2, 0.25) is 11.8 Å². The summed E-state index contributed by atoms with van der Waals surface area (Å²) < 4.78 is 26.4. The summed E-state index contributed by atoms with van der Waals surface area (Å²) in [5.41, 5.74) is 2.39. The molecule has 1 amide bonds. The molecule has 3 rings (SSSR count). The third-order valence-electron chi connectivity index (χ3n) is 4.07. The number of phenolic OH excluding ortho intramolecular Hbond substituents is 1. The molecule has 2 aromatic carbocycles. The van der Waals surface area contributed by atoms with E-state index in [1.807, 2.05) is 35.9 Å². The van der Waals surface area contributed by atoms with Crippen molar-refractivity contribution in [3.63, 3.8) is 0 Å². The average molecular weight is 389 g/mol. The molecule has 1 aliphatic rings. The summed E-state index contributed by atoms with van der Waals surface area (Å²) in [5, 5.41) is 22.3. The summed E-state index contributed by atoms with van der Waals surface area (Å²) in [7, 11) is -3.97. The maximum Gasteiger partial charge on any atom is 0.330 e. The number of nitrogens with zero attached hydrogens (tertiary/aromatic N) is 1. The Morgan fingerprint density at radius 1 is 1.19 bits per heavy atom. The molecule has 0 saturated carbocycles. The second-order valence-electron chi connectivity index (χ2n) is 6.10. The molecule has 0 aliphatic carbocycles. The number of aliphatic hydroxyl groups is 1. The van der Waals surface area contributed by atoms with E-state index in [4.69, 9.17) is 0 Å². The molecule has 0 bridgehead atoms. The molecular weight excluding hydrogens is 370 g/mol. The lowest BCUT2D eigenvalue weighted by Gasteiger charge is -2.16. The van der Waals surface area contributed by atoms with Gasteiger partial charge in [0.1, 0.15) is 11.4 Å². The van der Waals surface area contributed by atoms with Crippen molar-refractivity contribution >= 4 is 27.5 Å². The van der Waals surface area contributed by atoms with Crippen LogP contribution in [-0.2, 0) is 21.4 Å². The predicted octanol–water partition coefficient (Wildman–Crippen LogP) is 2.28. The average Bonchev–Trinajstić information content (AvgIpc) is 2.87. The van der Waals surface area contributed by atoms with E-state index in [9.17, 15) is 23.4 Å². The van der Waals surface area contributed by atoms with Crippen molar-refractivity contribution in [1.29, 1.82) is 0 Å². The molecule has 0 saturated heterocycles. The molecule has 0 fully saturated rings. The van der Waals surface area contributed by atoms with Crippen LogP contribution in [0.3, 0.4) is 0 Å². The Hall–Kier alpha value is -3.20. The van der Waals surface area contributed by atoms with Crippen molar-refractivity contribution in [3.8, 4) is 5.75 Å². The third-order valence-corrected chi connectivity index (χ3v) is 5.36. The molecule has 0 aromatic heterocycles. The molecule has 4 N–H and O–H groups in total. The normalized spacial score (nSPS) is 15.1. The SMILES string of the molecule is Cc1ccccc1NC(=O)CCc1ccc(N2C=C(O)NS2(=O)=O)c(O)c1. The van der Waals surface area contributed by atoms with Crippen LogP contribution < -0.4 is 14.3 Å². The van der Waals surface area contributed by atoms with Gasteiger partial charge in [-0.3, -0.25) is 4.79 Å². The summed E-state index contributed by atoms with van der Waals surface area (Å²) in [4.78, 5) is 12.1. The number of nitrogens with one attached hydrogen (secondary N) is 2. The zero-order valence-electron chi connectivity index (χ0n) is 14.5. The van der Waals surface area contributed by atoms with Gasteiger partial charge in [-0.1, -0.05) is 24.3 Å². The lowest BCUT2D eigenvalue weighted by Crippen LogP contribution is -2.29. The van der Waals surface area contributed by atoms with E-state index in [1.165, 1.54) is 12.1 Å². The van der Waals surface area contributed by atoms with Gasteiger partial charge < -0.3 is 15.5 Å². The van der Waals surface area contributed by atoms with Gasteiger partial charge in [-0.2, -0.15) is 8.42 Å². The number of carbonyl (C=O) groups excluding carboxylic acids is 1. The number of phenols is 1. The number of aliphatic hydroxyl groups excluding tert-OH is 1. The van der Waals surface area contributed by atoms with E-state index in [1.54, 1.807) is 6.07 Å². The van der Waals surface area contributed by atoms with Gasteiger partial charge in [0.05, 0.1) is 6.20 Å². The molecule has 0 unspecified atom stereocenters. The second kappa shape index (κ2) is 7.20. The van der Waals surface area contributed by atoms with Crippen LogP contribution in [0.1, 0.15) is 17.5 Å². The van der Waals surface area contributed by atoms with Crippen LogP contribution in [0.15, 0.2) is 54.5 Å². The minimum absolute atomic E-state index is 0.000313. The molecule has 8 nitrogen and oxygen atoms in total. The fourth-order valence-corrected chi connectivity index (χ4v) is 3.75. The van der Waals surface area contributed by atoms with E-state index < -0.39 is 16.1 Å². The van der Waals surface area contributed by atoms with Crippen LogP contribution in [0.5, 0.6) is 5.75 Å². The molecule has 0 radical (unpaired) electrons. The molecule has 9 heteroatoms. The lowest BCUT2D eigenvalue weighted by molar-refractivity contribution is -0.116. The first kappa shape index (κ1) is 18.6. The zero-order chi connectivity index (χ0) is 19.6. The fraction of sp³-hybridized carbons (Fsp3) is 0.167. The van der Waals surface area contributed by atoms with Crippen LogP contribution >= 0.6 is 0 Å². The smallest absolute Gasteiger partial charge is 0.330 e. The first-order valence-corrected chi connectivity index (χ1v) is 9.60. The first-order chi connectivity index (χ1) is 12.8. The number of aromatic hydroxyl groups is 1. The van der Waals surface area contributed by atoms with Crippen LogP contribution in [0, 0.1) is 6.92 Å². The monoisotopic (exact) mass is 389 g/mol. The van der Waals surface area contributed by atoms with Crippen LogP contribution in [0.4, 0.5) is 11.4 Å². The van der Waals surface area contributed by atoms with Gasteiger partial charge in [0.15, 0.2) is 0 Å². The summed E-state index contributed by atoms with van der Waals surface area (Å²) in [6.07, 6.45) is 1.54. The number of para-hydroxylation sites is 1. The van der Waals surface area contributed by atoms with Crippen molar-refractivity contribution in [2.45, 2.75) is 19.8 Å². The largest absolute Gasteiger partial charge is 0.506 e. The van der Waals surface area contributed by atoms with E-state index in [0.717, 1.165) is 21.8 Å². The molecule has 27 heavy (non-hydrogen) atoms. The highest BCUT2D eigenvalue weighted by atomic mass is 32.2. The summed E-state index contributed by atoms with van der Waals surface area (Å²) in [5.74, 6) is -0.971. The highest BCUT2D eigenvalue weighted by molar-refractivity contribution is 7.91. The second-order valence-corrected chi connectivity index (χ2v) is 7.65. The van der Waals surface area contributed by atoms with Crippen molar-refractivity contribution in [1.82, 2.24) is 4.72 Å². The number of amides is 1. The number of rotatable bonds is 5. The van der Waals surface area contributed by atoms with E-state index in [0.29, 0.717) is 12.0 Å². The Morgan fingerprint density at radius 2 is 1.93 bits per heavy atom. The van der Waals surface area contributed by atoms with Crippen LogP contribution in [-0.4, -0.2) is 24.5 Å². The number of benzene rings is 2. The fourth-order valence-electron chi connectivity index (χ4n) is 2.68. The minimum Gasteiger partial charge on any atom is -0.506 e. The van der Waals surface area contributed by atoms with Crippen molar-refractivity contribution < 1.29 is 23.4 Å². The minimum atomic E-state index is -3.97. The summed E-state index contributed by atoms with van der Waals surface area (Å²) in [6.45, 7) is 1.90. The lowest BCUT2D eigenvalue weighted by atomic mass is 10.1. The number of hydrogen-bond acceptors (Lipinski definition) is 5. The topological polar surface area (TPSA) is 119 Å². The number of carbonyl (C=O) groups is 1. The van der Waals surface area contributed by atoms with Crippen molar-refractivity contribution in [3.05, 3.63) is 65.7 Å². The maximum absolute atomic E-state index is 12.1. The Balaban J connectivity index is 1.66. The van der Waals surface area contributed by atoms with Crippen molar-refractivity contribution in [2.75, 3.05) is 9.62 Å². The molecule has 1 aliphatic heterocycles. The number of hydrogen-bond donors (Lipinski definition) is 4. The zero-order valence-corrected chi connectivity index (χ0v) is 15.3. The van der Waals surface area contributed by atoms with E-state index >= 15 is 0 Å². The van der Waals surface area contributed by atoms with E-state index in [2.05, 4.69) is 5.32 Å². The Kier molecular flexibility index (Phi) is 4.95. The van der Waals surface area contributed by atoms with E-state index in [-0.39, 0.29) is 23.8 Å². The molecule has 0 spiro atoms. The van der Waals surface area contributed by atoms with Gasteiger partial charge in [0, 0.05) is 12.1 Å². The molecular formula is C18H19N3O5S. The molecule has 142 valence electrons. The summed E-state index contributed by atoms with van der Waals surface area (Å²) >= 11 is 0. The Morgan fingerprint density at radius 3 is 2.56 bits per heavy atom. The van der Waals surface area contributed by atoms with Gasteiger partial charge >= 0.3 is 10.2 Å².